The number of benzene rings is 2. The van der Waals surface area contributed by atoms with Gasteiger partial charge < -0.3 is 5.32 Å². The van der Waals surface area contributed by atoms with Crippen molar-refractivity contribution in [3.8, 4) is 0 Å². The molecule has 1 unspecified atom stereocenters. The Hall–Kier alpha value is -2.76. The zero-order valence-corrected chi connectivity index (χ0v) is 10.8. The molecule has 2 aromatic rings. The van der Waals surface area contributed by atoms with Crippen molar-refractivity contribution >= 4 is 17.1 Å². The van der Waals surface area contributed by atoms with E-state index in [9.17, 15) is 15.0 Å². The molecule has 0 heterocycles. The predicted molar refractivity (Wildman–Crippen MR) is 77.0 cm³/mol. The van der Waals surface area contributed by atoms with Gasteiger partial charge in [0.2, 0.25) is 0 Å². The highest BCUT2D eigenvalue weighted by Crippen LogP contribution is 2.28. The van der Waals surface area contributed by atoms with E-state index in [2.05, 4.69) is 10.5 Å². The largest absolute Gasteiger partial charge is 0.355 e. The lowest BCUT2D eigenvalue weighted by atomic mass is 10.1. The van der Waals surface area contributed by atoms with E-state index in [0.717, 1.165) is 11.3 Å². The molecular weight excluding hydrogens is 258 g/mol. The number of nitro groups is 1. The van der Waals surface area contributed by atoms with Crippen LogP contribution in [-0.4, -0.2) is 4.92 Å². The van der Waals surface area contributed by atoms with Crippen LogP contribution in [-0.2, 0) is 0 Å². The lowest BCUT2D eigenvalue weighted by molar-refractivity contribution is -0.384. The van der Waals surface area contributed by atoms with Crippen molar-refractivity contribution in [2.45, 2.75) is 13.0 Å². The lowest BCUT2D eigenvalue weighted by Crippen LogP contribution is -1.98. The normalized spacial score (nSPS) is 11.7. The number of rotatable bonds is 5. The zero-order valence-electron chi connectivity index (χ0n) is 10.8. The maximum absolute atomic E-state index is 10.7. The molecule has 0 bridgehead atoms. The molecule has 0 saturated carbocycles. The van der Waals surface area contributed by atoms with Crippen molar-refractivity contribution in [2.24, 2.45) is 5.18 Å². The Bertz CT molecular complexity index is 626. The molecule has 0 radical (unpaired) electrons. The summed E-state index contributed by atoms with van der Waals surface area (Å²) < 4.78 is 0. The maximum Gasteiger partial charge on any atom is 0.269 e. The van der Waals surface area contributed by atoms with Crippen LogP contribution in [0.15, 0.2) is 53.7 Å². The second-order valence-corrected chi connectivity index (χ2v) is 4.30. The highest BCUT2D eigenvalue weighted by molar-refractivity contribution is 5.64. The molecule has 6 nitrogen and oxygen atoms in total. The molecule has 0 spiro atoms. The summed E-state index contributed by atoms with van der Waals surface area (Å²) in [5, 5.41) is 16.7. The Labute approximate surface area is 115 Å². The molecule has 0 aliphatic rings. The van der Waals surface area contributed by atoms with Gasteiger partial charge in [-0.3, -0.25) is 10.1 Å². The van der Waals surface area contributed by atoms with Crippen LogP contribution in [0, 0.1) is 15.0 Å². The van der Waals surface area contributed by atoms with Crippen LogP contribution < -0.4 is 5.32 Å². The van der Waals surface area contributed by atoms with Gasteiger partial charge >= 0.3 is 0 Å². The van der Waals surface area contributed by atoms with Gasteiger partial charge in [0.25, 0.3) is 5.69 Å². The van der Waals surface area contributed by atoms with Crippen molar-refractivity contribution in [1.82, 2.24) is 0 Å². The van der Waals surface area contributed by atoms with Gasteiger partial charge in [-0.1, -0.05) is 23.4 Å². The fraction of sp³-hybridized carbons (Fsp3) is 0.143. The van der Waals surface area contributed by atoms with Crippen LogP contribution in [0.25, 0.3) is 0 Å². The molecule has 2 rings (SSSR count). The summed E-state index contributed by atoms with van der Waals surface area (Å²) in [4.78, 5) is 20.8. The number of nitroso groups, excluding NO2 is 1. The first-order valence-electron chi connectivity index (χ1n) is 6.04. The predicted octanol–water partition coefficient (Wildman–Crippen LogP) is 4.17. The molecule has 0 aromatic heterocycles. The Morgan fingerprint density at radius 2 is 1.80 bits per heavy atom. The van der Waals surface area contributed by atoms with Gasteiger partial charge in [0.1, 0.15) is 6.04 Å². The topological polar surface area (TPSA) is 84.6 Å². The molecule has 0 fully saturated rings. The van der Waals surface area contributed by atoms with Crippen molar-refractivity contribution in [2.75, 3.05) is 5.32 Å². The minimum absolute atomic E-state index is 0.0340. The van der Waals surface area contributed by atoms with Gasteiger partial charge in [0.15, 0.2) is 0 Å². The Balaban J connectivity index is 2.26. The monoisotopic (exact) mass is 271 g/mol. The lowest BCUT2D eigenvalue weighted by Gasteiger charge is -2.13. The third-order valence-electron chi connectivity index (χ3n) is 2.93. The number of non-ortho nitro benzene ring substituents is 1. The third-order valence-corrected chi connectivity index (χ3v) is 2.93. The van der Waals surface area contributed by atoms with E-state index in [0.29, 0.717) is 5.69 Å². The fourth-order valence-corrected chi connectivity index (χ4v) is 1.85. The van der Waals surface area contributed by atoms with Crippen LogP contribution in [0.5, 0.6) is 0 Å². The van der Waals surface area contributed by atoms with Crippen molar-refractivity contribution in [1.29, 1.82) is 0 Å². The van der Waals surface area contributed by atoms with E-state index in [1.807, 2.05) is 24.3 Å². The highest BCUT2D eigenvalue weighted by Gasteiger charge is 2.11. The van der Waals surface area contributed by atoms with E-state index in [-0.39, 0.29) is 5.69 Å². The first kappa shape index (κ1) is 13.7. The second kappa shape index (κ2) is 5.92. The summed E-state index contributed by atoms with van der Waals surface area (Å²) in [6, 6.07) is 12.9. The molecule has 1 atom stereocenters. The van der Waals surface area contributed by atoms with Crippen LogP contribution in [0.3, 0.4) is 0 Å². The summed E-state index contributed by atoms with van der Waals surface area (Å²) in [5.41, 5.74) is 2.28. The van der Waals surface area contributed by atoms with Crippen LogP contribution in [0.4, 0.5) is 17.1 Å². The average molecular weight is 271 g/mol. The van der Waals surface area contributed by atoms with Gasteiger partial charge in [0, 0.05) is 29.1 Å². The summed E-state index contributed by atoms with van der Waals surface area (Å²) >= 11 is 0. The van der Waals surface area contributed by atoms with Crippen molar-refractivity contribution < 1.29 is 4.92 Å². The fourth-order valence-electron chi connectivity index (χ4n) is 1.85. The van der Waals surface area contributed by atoms with Crippen LogP contribution >= 0.6 is 0 Å². The number of nitrogens with zero attached hydrogens (tertiary/aromatic N) is 2. The smallest absolute Gasteiger partial charge is 0.269 e. The van der Waals surface area contributed by atoms with Crippen molar-refractivity contribution in [3.05, 3.63) is 69.1 Å². The summed E-state index contributed by atoms with van der Waals surface area (Å²) in [7, 11) is 0. The number of hydrogen-bond acceptors (Lipinski definition) is 5. The van der Waals surface area contributed by atoms with Gasteiger partial charge in [-0.2, -0.15) is 4.91 Å². The SMILES string of the molecule is CC(N=O)c1ccccc1Nc1ccc([N+](=O)[O-])cc1. The van der Waals surface area contributed by atoms with Crippen LogP contribution in [0.1, 0.15) is 18.5 Å². The Kier molecular flexibility index (Phi) is 4.05. The molecule has 2 aromatic carbocycles. The third kappa shape index (κ3) is 2.97. The van der Waals surface area contributed by atoms with Crippen LogP contribution in [0.2, 0.25) is 0 Å². The first-order valence-corrected chi connectivity index (χ1v) is 6.04. The van der Waals surface area contributed by atoms with Gasteiger partial charge in [-0.25, -0.2) is 0 Å². The molecule has 20 heavy (non-hydrogen) atoms. The van der Waals surface area contributed by atoms with Gasteiger partial charge in [0.05, 0.1) is 4.92 Å². The number of para-hydroxylation sites is 1. The van der Waals surface area contributed by atoms with Gasteiger partial charge in [-0.05, 0) is 25.1 Å². The molecular formula is C14H13N3O3. The number of nitro benzene ring substituents is 1. The van der Waals surface area contributed by atoms with E-state index >= 15 is 0 Å². The average Bonchev–Trinajstić information content (AvgIpc) is 2.47. The second-order valence-electron chi connectivity index (χ2n) is 4.30. The number of anilines is 2. The van der Waals surface area contributed by atoms with E-state index in [1.165, 1.54) is 12.1 Å². The first-order chi connectivity index (χ1) is 9.61. The quantitative estimate of drug-likeness (QED) is 0.502. The minimum Gasteiger partial charge on any atom is -0.355 e. The molecule has 0 aliphatic heterocycles. The van der Waals surface area contributed by atoms with E-state index < -0.39 is 11.0 Å². The molecule has 1 N–H and O–H groups in total. The highest BCUT2D eigenvalue weighted by atomic mass is 16.6. The Morgan fingerprint density at radius 1 is 1.15 bits per heavy atom. The molecule has 0 aliphatic carbocycles. The molecule has 102 valence electrons. The summed E-state index contributed by atoms with van der Waals surface area (Å²) in [5.74, 6) is 0. The summed E-state index contributed by atoms with van der Waals surface area (Å²) in [6.07, 6.45) is 0. The standard InChI is InChI=1S/C14H13N3O3/c1-10(16-18)13-4-2-3-5-14(13)15-11-6-8-12(9-7-11)17(19)20/h2-10,15H,1H3. The maximum atomic E-state index is 10.7. The molecule has 0 saturated heterocycles. The van der Waals surface area contributed by atoms with Gasteiger partial charge in [-0.15, -0.1) is 0 Å². The molecule has 0 amide bonds. The number of nitrogens with one attached hydrogen (secondary N) is 1. The van der Waals surface area contributed by atoms with Crippen molar-refractivity contribution in [3.63, 3.8) is 0 Å². The number of hydrogen-bond donors (Lipinski definition) is 1. The van der Waals surface area contributed by atoms with E-state index in [4.69, 9.17) is 0 Å². The minimum atomic E-state index is -0.461. The van der Waals surface area contributed by atoms with E-state index in [1.54, 1.807) is 19.1 Å². The molecule has 6 heteroatoms. The Morgan fingerprint density at radius 3 is 2.40 bits per heavy atom. The summed E-state index contributed by atoms with van der Waals surface area (Å²) in [6.45, 7) is 1.71. The zero-order chi connectivity index (χ0) is 14.5.